The molecule has 0 aliphatic rings. The first-order valence-corrected chi connectivity index (χ1v) is 6.15. The molecule has 1 aromatic carbocycles. The highest BCUT2D eigenvalue weighted by molar-refractivity contribution is 7.80. The van der Waals surface area contributed by atoms with Gasteiger partial charge in [0, 0.05) is 23.7 Å². The highest BCUT2D eigenvalue weighted by Crippen LogP contribution is 2.21. The van der Waals surface area contributed by atoms with Crippen LogP contribution in [0.2, 0.25) is 5.02 Å². The number of rotatable bonds is 3. The molecule has 0 unspecified atom stereocenters. The summed E-state index contributed by atoms with van der Waals surface area (Å²) in [4.78, 5) is 0. The molecule has 0 saturated carbocycles. The Bertz CT molecular complexity index is 539. The van der Waals surface area contributed by atoms with Crippen LogP contribution < -0.4 is 10.6 Å². The standard InChI is InChI=1S/C12H12ClN3OS/c1-14-12(18)15-7-10-6-11(16-17-10)8-2-4-9(13)5-3-8/h2-6H,7H2,1H3,(H2,14,15,18). The zero-order chi connectivity index (χ0) is 13.0. The van der Waals surface area contributed by atoms with Gasteiger partial charge in [0.1, 0.15) is 5.69 Å². The first-order chi connectivity index (χ1) is 8.69. The predicted molar refractivity (Wildman–Crippen MR) is 75.4 cm³/mol. The average Bonchev–Trinajstić information content (AvgIpc) is 2.85. The fourth-order valence-electron chi connectivity index (χ4n) is 1.41. The van der Waals surface area contributed by atoms with Crippen molar-refractivity contribution < 1.29 is 4.52 Å². The van der Waals surface area contributed by atoms with Gasteiger partial charge in [-0.1, -0.05) is 28.9 Å². The zero-order valence-electron chi connectivity index (χ0n) is 9.74. The Kier molecular flexibility index (Phi) is 4.17. The lowest BCUT2D eigenvalue weighted by Crippen LogP contribution is -2.31. The summed E-state index contributed by atoms with van der Waals surface area (Å²) in [7, 11) is 1.76. The molecule has 1 aromatic heterocycles. The summed E-state index contributed by atoms with van der Waals surface area (Å²) in [6.07, 6.45) is 0. The van der Waals surface area contributed by atoms with E-state index >= 15 is 0 Å². The van der Waals surface area contributed by atoms with E-state index in [0.717, 1.165) is 17.0 Å². The Morgan fingerprint density at radius 1 is 1.39 bits per heavy atom. The van der Waals surface area contributed by atoms with E-state index in [4.69, 9.17) is 28.3 Å². The van der Waals surface area contributed by atoms with Gasteiger partial charge in [-0.15, -0.1) is 0 Å². The molecular formula is C12H12ClN3OS. The van der Waals surface area contributed by atoms with Gasteiger partial charge >= 0.3 is 0 Å². The van der Waals surface area contributed by atoms with Crippen molar-refractivity contribution in [3.8, 4) is 11.3 Å². The summed E-state index contributed by atoms with van der Waals surface area (Å²) in [6, 6.07) is 9.30. The van der Waals surface area contributed by atoms with Crippen LogP contribution in [0.3, 0.4) is 0 Å². The van der Waals surface area contributed by atoms with E-state index in [1.807, 2.05) is 30.3 Å². The van der Waals surface area contributed by atoms with Crippen LogP contribution in [0.1, 0.15) is 5.76 Å². The second-order valence-electron chi connectivity index (χ2n) is 3.62. The molecule has 0 radical (unpaired) electrons. The third-order valence-electron chi connectivity index (χ3n) is 2.35. The minimum atomic E-state index is 0.500. The topological polar surface area (TPSA) is 50.1 Å². The molecular weight excluding hydrogens is 270 g/mol. The smallest absolute Gasteiger partial charge is 0.166 e. The molecule has 6 heteroatoms. The molecule has 1 heterocycles. The van der Waals surface area contributed by atoms with Gasteiger partial charge < -0.3 is 15.2 Å². The molecule has 2 aromatic rings. The lowest BCUT2D eigenvalue weighted by Gasteiger charge is -2.02. The van der Waals surface area contributed by atoms with Gasteiger partial charge in [0.05, 0.1) is 6.54 Å². The Morgan fingerprint density at radius 2 is 2.11 bits per heavy atom. The number of halogens is 1. The molecule has 0 atom stereocenters. The van der Waals surface area contributed by atoms with Gasteiger partial charge in [-0.2, -0.15) is 0 Å². The van der Waals surface area contributed by atoms with E-state index in [0.29, 0.717) is 16.7 Å². The molecule has 0 aliphatic heterocycles. The second kappa shape index (κ2) is 5.84. The highest BCUT2D eigenvalue weighted by Gasteiger charge is 2.06. The van der Waals surface area contributed by atoms with Crippen LogP contribution in [0.4, 0.5) is 0 Å². The molecule has 2 rings (SSSR count). The molecule has 0 amide bonds. The largest absolute Gasteiger partial charge is 0.366 e. The number of nitrogens with one attached hydrogen (secondary N) is 2. The Labute approximate surface area is 115 Å². The van der Waals surface area contributed by atoms with E-state index in [9.17, 15) is 0 Å². The second-order valence-corrected chi connectivity index (χ2v) is 4.46. The van der Waals surface area contributed by atoms with Crippen LogP contribution in [0, 0.1) is 0 Å². The maximum absolute atomic E-state index is 5.83. The fraction of sp³-hybridized carbons (Fsp3) is 0.167. The van der Waals surface area contributed by atoms with Crippen LogP contribution in [0.25, 0.3) is 11.3 Å². The minimum Gasteiger partial charge on any atom is -0.366 e. The third-order valence-corrected chi connectivity index (χ3v) is 2.95. The number of nitrogens with zero attached hydrogens (tertiary/aromatic N) is 1. The summed E-state index contributed by atoms with van der Waals surface area (Å²) < 4.78 is 5.21. The normalized spacial score (nSPS) is 10.1. The summed E-state index contributed by atoms with van der Waals surface area (Å²) >= 11 is 10.8. The average molecular weight is 282 g/mol. The quantitative estimate of drug-likeness (QED) is 0.847. The third kappa shape index (κ3) is 3.21. The van der Waals surface area contributed by atoms with Crippen molar-refractivity contribution in [2.75, 3.05) is 7.05 Å². The first-order valence-electron chi connectivity index (χ1n) is 5.36. The number of benzene rings is 1. The van der Waals surface area contributed by atoms with Crippen molar-refractivity contribution in [1.29, 1.82) is 0 Å². The molecule has 0 spiro atoms. The molecule has 0 saturated heterocycles. The summed E-state index contributed by atoms with van der Waals surface area (Å²) in [6.45, 7) is 0.500. The van der Waals surface area contributed by atoms with E-state index in [2.05, 4.69) is 15.8 Å². The minimum absolute atomic E-state index is 0.500. The van der Waals surface area contributed by atoms with Crippen molar-refractivity contribution in [2.24, 2.45) is 0 Å². The van der Waals surface area contributed by atoms with Gasteiger partial charge in [0.15, 0.2) is 10.9 Å². The van der Waals surface area contributed by atoms with Crippen LogP contribution in [-0.4, -0.2) is 17.3 Å². The summed E-state index contributed by atoms with van der Waals surface area (Å²) in [5.74, 6) is 0.720. The molecule has 4 nitrogen and oxygen atoms in total. The van der Waals surface area contributed by atoms with Crippen molar-refractivity contribution in [1.82, 2.24) is 15.8 Å². The maximum atomic E-state index is 5.83. The van der Waals surface area contributed by atoms with Crippen molar-refractivity contribution in [3.63, 3.8) is 0 Å². The van der Waals surface area contributed by atoms with Crippen molar-refractivity contribution in [3.05, 3.63) is 41.1 Å². The highest BCUT2D eigenvalue weighted by atomic mass is 35.5. The molecule has 0 fully saturated rings. The fourth-order valence-corrected chi connectivity index (χ4v) is 1.61. The SMILES string of the molecule is CNC(=S)NCc1cc(-c2ccc(Cl)cc2)no1. The van der Waals surface area contributed by atoms with Crippen LogP contribution in [0.15, 0.2) is 34.9 Å². The monoisotopic (exact) mass is 281 g/mol. The summed E-state index contributed by atoms with van der Waals surface area (Å²) in [5, 5.41) is 11.1. The maximum Gasteiger partial charge on any atom is 0.166 e. The lowest BCUT2D eigenvalue weighted by atomic mass is 10.1. The predicted octanol–water partition coefficient (Wildman–Crippen LogP) is 2.59. The number of hydrogen-bond donors (Lipinski definition) is 2. The van der Waals surface area contributed by atoms with Crippen LogP contribution >= 0.6 is 23.8 Å². The summed E-state index contributed by atoms with van der Waals surface area (Å²) in [5.41, 5.74) is 1.74. The molecule has 94 valence electrons. The molecule has 0 bridgehead atoms. The number of aromatic nitrogens is 1. The van der Waals surface area contributed by atoms with Crippen molar-refractivity contribution in [2.45, 2.75) is 6.54 Å². The van der Waals surface area contributed by atoms with Crippen LogP contribution in [0.5, 0.6) is 0 Å². The molecule has 18 heavy (non-hydrogen) atoms. The number of thiocarbonyl (C=S) groups is 1. The Hall–Kier alpha value is -1.59. The molecule has 2 N–H and O–H groups in total. The van der Waals surface area contributed by atoms with Gasteiger partial charge in [-0.05, 0) is 24.4 Å². The Morgan fingerprint density at radius 3 is 2.78 bits per heavy atom. The first kappa shape index (κ1) is 12.9. The lowest BCUT2D eigenvalue weighted by molar-refractivity contribution is 0.382. The van der Waals surface area contributed by atoms with E-state index in [1.165, 1.54) is 0 Å². The van der Waals surface area contributed by atoms with Crippen LogP contribution in [-0.2, 0) is 6.54 Å². The Balaban J connectivity index is 2.06. The van der Waals surface area contributed by atoms with Gasteiger partial charge in [-0.3, -0.25) is 0 Å². The van der Waals surface area contributed by atoms with E-state index in [1.54, 1.807) is 7.05 Å². The van der Waals surface area contributed by atoms with Crippen molar-refractivity contribution >= 4 is 28.9 Å². The number of hydrogen-bond acceptors (Lipinski definition) is 3. The molecule has 0 aliphatic carbocycles. The van der Waals surface area contributed by atoms with Gasteiger partial charge in [0.25, 0.3) is 0 Å². The van der Waals surface area contributed by atoms with Gasteiger partial charge in [-0.25, -0.2) is 0 Å². The van der Waals surface area contributed by atoms with E-state index in [-0.39, 0.29) is 0 Å². The zero-order valence-corrected chi connectivity index (χ0v) is 11.3. The van der Waals surface area contributed by atoms with E-state index < -0.39 is 0 Å². The van der Waals surface area contributed by atoms with Gasteiger partial charge in [0.2, 0.25) is 0 Å².